The first-order valence-corrected chi connectivity index (χ1v) is 38.8. The van der Waals surface area contributed by atoms with Crippen molar-refractivity contribution in [3.63, 3.8) is 0 Å². The van der Waals surface area contributed by atoms with Crippen LogP contribution in [0.3, 0.4) is 0 Å². The fourth-order valence-electron chi connectivity index (χ4n) is 15.5. The Morgan fingerprint density at radius 3 is 1.39 bits per heavy atom. The van der Waals surface area contributed by atoms with E-state index in [-0.39, 0.29) is 17.7 Å². The smallest absolute Gasteiger partial charge is 0.270 e. The van der Waals surface area contributed by atoms with Crippen LogP contribution in [0.2, 0.25) is 0 Å². The average molecular weight is 1480 g/mol. The van der Waals surface area contributed by atoms with Crippen molar-refractivity contribution in [1.29, 1.82) is 0 Å². The van der Waals surface area contributed by atoms with Gasteiger partial charge in [-0.1, -0.05) is 25.1 Å². The molecule has 5 fully saturated rings. The summed E-state index contributed by atoms with van der Waals surface area (Å²) in [5.41, 5.74) is 11.9. The van der Waals surface area contributed by atoms with Gasteiger partial charge in [0, 0.05) is 179 Å². The van der Waals surface area contributed by atoms with Crippen LogP contribution in [0.25, 0.3) is 66.9 Å². The van der Waals surface area contributed by atoms with E-state index in [4.69, 9.17) is 0 Å². The first-order chi connectivity index (χ1) is 53.9. The normalized spacial score (nSPS) is 17.0. The molecule has 1 atom stereocenters. The van der Waals surface area contributed by atoms with E-state index in [0.717, 1.165) is 188 Å². The Morgan fingerprint density at radius 1 is 0.445 bits per heavy atom. The number of fused-ring (bicyclic) bond motifs is 3. The van der Waals surface area contributed by atoms with Crippen LogP contribution in [0.15, 0.2) is 183 Å². The minimum atomic E-state index is 0.00508. The Labute approximate surface area is 641 Å². The Hall–Kier alpha value is -11.4. The van der Waals surface area contributed by atoms with Crippen LogP contribution < -0.4 is 16.0 Å². The van der Waals surface area contributed by atoms with Crippen molar-refractivity contribution >= 4 is 85.3 Å². The van der Waals surface area contributed by atoms with Gasteiger partial charge in [0.25, 0.3) is 17.7 Å². The highest BCUT2D eigenvalue weighted by Gasteiger charge is 2.31. The molecule has 0 spiro atoms. The Kier molecular flexibility index (Phi) is 23.8. The summed E-state index contributed by atoms with van der Waals surface area (Å²) in [4.78, 5) is 108. The number of pyridine rings is 3. The van der Waals surface area contributed by atoms with Gasteiger partial charge >= 0.3 is 0 Å². The van der Waals surface area contributed by atoms with Crippen molar-refractivity contribution < 1.29 is 14.4 Å². The number of piperidine rings is 2. The monoisotopic (exact) mass is 1480 g/mol. The first kappa shape index (κ1) is 74.1. The molecule has 6 N–H and O–H groups in total. The van der Waals surface area contributed by atoms with Crippen LogP contribution >= 0.6 is 0 Å². The van der Waals surface area contributed by atoms with Gasteiger partial charge in [-0.15, -0.1) is 0 Å². The SMILES string of the molecule is CCN1CCC(N2CCN(C(=O)c3cc4cc(Nc5nccc(-c6ccccn6)n5)ccc4[nH]3)CC2)CC1.CN1CCN(CCCN(C)C(=O)c2cc3cc(Nc4nccc(-c5ccccn5)n4)ccc3[nH]2)CC1.O=C(c1cc2cc(Nc3nccc(-c4ccccn4)n3)ccc2[nH]1)N1CCCC(CN2CCCC2)C1. The summed E-state index contributed by atoms with van der Waals surface area (Å²) in [6.45, 7) is 20.6. The second-order valence-corrected chi connectivity index (χ2v) is 29.3. The standard InChI is InChI=1S/C29H34N8O.C28H31N7O.C27H32N8O/c1-2-35-13-9-23(10-14-35)36-15-17-37(18-16-36)28(38)27-20-21-19-22(6-7-24(21)33-27)32-29-31-12-8-26(34-29)25-5-3-4-11-30-25;36-27(35-15-5-6-20(19-35)18-34-13-3-4-14-34)26-17-21-16-22(8-9-23(21)32-26)31-28-30-12-10-25(33-28)24-7-1-2-11-29-24;1-33-14-16-35(17-15-33)13-5-12-34(2)26(36)25-19-20-18-21(7-8-22(20)31-25)30-27-29-11-9-24(32-27)23-6-3-4-10-28-23/h3-8,11-12,19-20,23,33H,2,9-10,13-18H2,1H3,(H,31,32,34);1-2,7-12,16-17,20,32H,3-6,13-15,18-19H2,(H,30,31,33);3-4,6-11,18-19,31H,5,12-17H2,1-2H3,(H,29,30,32). The molecular formula is C84H97N23O3. The van der Waals surface area contributed by atoms with Crippen LogP contribution in [0.5, 0.6) is 0 Å². The topological polar surface area (TPSA) is 277 Å². The third-order valence-electron chi connectivity index (χ3n) is 21.6. The molecule has 12 aromatic rings. The third-order valence-corrected chi connectivity index (χ3v) is 21.6. The van der Waals surface area contributed by atoms with Crippen molar-refractivity contribution in [2.75, 3.05) is 148 Å². The quantitative estimate of drug-likeness (QED) is 0.0414. The molecule has 14 heterocycles. The van der Waals surface area contributed by atoms with Crippen LogP contribution in [0.4, 0.5) is 34.9 Å². The largest absolute Gasteiger partial charge is 0.351 e. The number of anilines is 6. The number of H-pyrrole nitrogens is 3. The van der Waals surface area contributed by atoms with E-state index >= 15 is 0 Å². The van der Waals surface area contributed by atoms with E-state index in [0.29, 0.717) is 46.9 Å². The number of carbonyl (C=O) groups excluding carboxylic acids is 3. The van der Waals surface area contributed by atoms with Gasteiger partial charge in [-0.05, 0) is 225 Å². The molecule has 5 aliphatic rings. The number of nitrogens with one attached hydrogen (secondary N) is 6. The van der Waals surface area contributed by atoms with Crippen LogP contribution in [0, 0.1) is 5.92 Å². The molecule has 110 heavy (non-hydrogen) atoms. The number of benzene rings is 3. The number of carbonyl (C=O) groups is 3. The van der Waals surface area contributed by atoms with Gasteiger partial charge in [0.2, 0.25) is 17.8 Å². The van der Waals surface area contributed by atoms with Crippen molar-refractivity contribution in [2.45, 2.75) is 57.9 Å². The lowest BCUT2D eigenvalue weighted by Crippen LogP contribution is -2.54. The Balaban J connectivity index is 0.000000131. The minimum absolute atomic E-state index is 0.00508. The molecule has 5 aliphatic heterocycles. The summed E-state index contributed by atoms with van der Waals surface area (Å²) in [5, 5.41) is 12.7. The van der Waals surface area contributed by atoms with Crippen LogP contribution in [-0.4, -0.2) is 255 Å². The molecule has 0 radical (unpaired) electrons. The summed E-state index contributed by atoms with van der Waals surface area (Å²) < 4.78 is 0. The predicted octanol–water partition coefficient (Wildman–Crippen LogP) is 12.2. The van der Waals surface area contributed by atoms with Crippen molar-refractivity contribution in [3.05, 3.63) is 200 Å². The van der Waals surface area contributed by atoms with Gasteiger partial charge in [-0.3, -0.25) is 34.2 Å². The summed E-state index contributed by atoms with van der Waals surface area (Å²) in [7, 11) is 4.04. The number of rotatable bonds is 20. The second-order valence-electron chi connectivity index (χ2n) is 29.3. The van der Waals surface area contributed by atoms with Gasteiger partial charge in [0.15, 0.2) is 0 Å². The highest BCUT2D eigenvalue weighted by Crippen LogP contribution is 2.30. The van der Waals surface area contributed by atoms with E-state index in [1.54, 1.807) is 42.1 Å². The number of piperazine rings is 2. The van der Waals surface area contributed by atoms with Gasteiger partial charge in [-0.2, -0.15) is 0 Å². The summed E-state index contributed by atoms with van der Waals surface area (Å²) >= 11 is 0. The van der Waals surface area contributed by atoms with Crippen LogP contribution in [0.1, 0.15) is 83.3 Å². The Bertz CT molecular complexity index is 5050. The number of hydrogen-bond donors (Lipinski definition) is 6. The molecule has 26 nitrogen and oxygen atoms in total. The van der Waals surface area contributed by atoms with Gasteiger partial charge < -0.3 is 65.2 Å². The van der Waals surface area contributed by atoms with E-state index in [1.807, 2.05) is 162 Å². The summed E-state index contributed by atoms with van der Waals surface area (Å²) in [5.74, 6) is 2.23. The maximum Gasteiger partial charge on any atom is 0.270 e. The highest BCUT2D eigenvalue weighted by atomic mass is 16.2. The number of amides is 3. The molecule has 1 unspecified atom stereocenters. The highest BCUT2D eigenvalue weighted by molar-refractivity contribution is 6.01. The third kappa shape index (κ3) is 18.8. The minimum Gasteiger partial charge on any atom is -0.351 e. The summed E-state index contributed by atoms with van der Waals surface area (Å²) in [6, 6.07) is 47.0. The molecule has 566 valence electrons. The number of aromatic amines is 3. The maximum absolute atomic E-state index is 13.3. The zero-order chi connectivity index (χ0) is 75.1. The van der Waals surface area contributed by atoms with Gasteiger partial charge in [0.05, 0.1) is 34.2 Å². The average Bonchev–Trinajstić information content (AvgIpc) is 1.65. The van der Waals surface area contributed by atoms with Crippen molar-refractivity contribution in [3.8, 4) is 34.2 Å². The zero-order valence-corrected chi connectivity index (χ0v) is 63.0. The number of aromatic nitrogens is 12. The molecule has 9 aromatic heterocycles. The lowest BCUT2D eigenvalue weighted by atomic mass is 9.97. The number of likely N-dealkylation sites (N-methyl/N-ethyl adjacent to an activating group) is 1. The zero-order valence-electron chi connectivity index (χ0n) is 63.0. The summed E-state index contributed by atoms with van der Waals surface area (Å²) in [6.07, 6.45) is 18.8. The fourth-order valence-corrected chi connectivity index (χ4v) is 15.5. The van der Waals surface area contributed by atoms with E-state index in [1.165, 1.54) is 58.3 Å². The van der Waals surface area contributed by atoms with Gasteiger partial charge in [-0.25, -0.2) is 29.9 Å². The fraction of sp³-hybridized carbons (Fsp3) is 0.357. The molecule has 26 heteroatoms. The van der Waals surface area contributed by atoms with E-state index in [2.05, 4.69) is 114 Å². The lowest BCUT2D eigenvalue weighted by molar-refractivity contribution is 0.0454. The van der Waals surface area contributed by atoms with E-state index < -0.39 is 0 Å². The van der Waals surface area contributed by atoms with Crippen molar-refractivity contribution in [2.24, 2.45) is 5.92 Å². The van der Waals surface area contributed by atoms with E-state index in [9.17, 15) is 14.4 Å². The maximum atomic E-state index is 13.3. The predicted molar refractivity (Wildman–Crippen MR) is 433 cm³/mol. The number of hydrogen-bond acceptors (Lipinski definition) is 20. The molecule has 0 bridgehead atoms. The van der Waals surface area contributed by atoms with Crippen LogP contribution in [-0.2, 0) is 0 Å². The molecule has 3 amide bonds. The molecule has 0 saturated carbocycles. The second kappa shape index (κ2) is 35.3. The molecule has 3 aromatic carbocycles. The molecular weight excluding hydrogens is 1380 g/mol. The number of likely N-dealkylation sites (tertiary alicyclic amines) is 3. The number of nitrogens with zero attached hydrogens (tertiary/aromatic N) is 17. The Morgan fingerprint density at radius 2 is 0.918 bits per heavy atom. The van der Waals surface area contributed by atoms with Crippen molar-refractivity contribution in [1.82, 2.24) is 99.0 Å². The lowest BCUT2D eigenvalue weighted by Gasteiger charge is -2.42. The molecule has 17 rings (SSSR count). The molecule has 5 saturated heterocycles. The first-order valence-electron chi connectivity index (χ1n) is 38.8. The van der Waals surface area contributed by atoms with Gasteiger partial charge in [0.1, 0.15) is 17.1 Å². The molecule has 0 aliphatic carbocycles.